The molecule has 0 bridgehead atoms. The number of carbonyl (C=O) groups excluding carboxylic acids is 1. The van der Waals surface area contributed by atoms with Crippen LogP contribution in [0.3, 0.4) is 0 Å². The molecule has 1 aromatic carbocycles. The normalized spacial score (nSPS) is 16.6. The second-order valence-corrected chi connectivity index (χ2v) is 7.31. The Hall–Kier alpha value is -2.21. The van der Waals surface area contributed by atoms with Crippen LogP contribution in [0.4, 0.5) is 0 Å². The van der Waals surface area contributed by atoms with Crippen molar-refractivity contribution in [1.82, 2.24) is 15.5 Å². The Morgan fingerprint density at radius 3 is 2.73 bits per heavy atom. The van der Waals surface area contributed by atoms with Crippen LogP contribution in [-0.4, -0.2) is 29.3 Å². The molecule has 0 radical (unpaired) electrons. The molecule has 1 fully saturated rings. The first kappa shape index (κ1) is 18.6. The van der Waals surface area contributed by atoms with E-state index in [1.807, 2.05) is 45.0 Å². The van der Waals surface area contributed by atoms with Crippen LogP contribution < -0.4 is 5.32 Å². The number of hydrogen-bond acceptors (Lipinski definition) is 5. The quantitative estimate of drug-likeness (QED) is 0.858. The minimum absolute atomic E-state index is 0.0311. The van der Waals surface area contributed by atoms with Crippen molar-refractivity contribution in [2.24, 2.45) is 5.92 Å². The fraction of sp³-hybridized carbons (Fsp3) is 0.550. The predicted octanol–water partition coefficient (Wildman–Crippen LogP) is 3.33. The van der Waals surface area contributed by atoms with Gasteiger partial charge in [-0.25, -0.2) is 0 Å². The van der Waals surface area contributed by atoms with Gasteiger partial charge in [0.15, 0.2) is 5.82 Å². The van der Waals surface area contributed by atoms with Crippen LogP contribution in [0.2, 0.25) is 0 Å². The fourth-order valence-corrected chi connectivity index (χ4v) is 3.27. The van der Waals surface area contributed by atoms with Gasteiger partial charge in [0.25, 0.3) is 0 Å². The van der Waals surface area contributed by atoms with Crippen molar-refractivity contribution in [2.45, 2.75) is 52.0 Å². The SMILES string of the molecule is Cc1cccc(CC(=O)N[C@H](c2nc(C(C)C)no2)C2CCOCC2)c1. The Morgan fingerprint density at radius 2 is 2.08 bits per heavy atom. The Balaban J connectivity index is 1.75. The van der Waals surface area contributed by atoms with Crippen LogP contribution in [0.5, 0.6) is 0 Å². The molecule has 1 aromatic heterocycles. The summed E-state index contributed by atoms with van der Waals surface area (Å²) in [6.45, 7) is 7.46. The van der Waals surface area contributed by atoms with Gasteiger partial charge in [0, 0.05) is 19.1 Å². The zero-order valence-electron chi connectivity index (χ0n) is 15.7. The highest BCUT2D eigenvalue weighted by Crippen LogP contribution is 2.30. The Morgan fingerprint density at radius 1 is 1.31 bits per heavy atom. The third-order valence-electron chi connectivity index (χ3n) is 4.74. The van der Waals surface area contributed by atoms with E-state index in [9.17, 15) is 4.79 Å². The number of rotatable bonds is 6. The van der Waals surface area contributed by atoms with Gasteiger partial charge in [-0.15, -0.1) is 0 Å². The topological polar surface area (TPSA) is 77.3 Å². The number of aromatic nitrogens is 2. The molecule has 1 N–H and O–H groups in total. The minimum atomic E-state index is -0.267. The summed E-state index contributed by atoms with van der Waals surface area (Å²) in [5, 5.41) is 7.20. The first-order valence-corrected chi connectivity index (χ1v) is 9.29. The van der Waals surface area contributed by atoms with Gasteiger partial charge in [0.05, 0.1) is 6.42 Å². The van der Waals surface area contributed by atoms with Gasteiger partial charge in [0.2, 0.25) is 11.8 Å². The van der Waals surface area contributed by atoms with Gasteiger partial charge < -0.3 is 14.6 Å². The fourth-order valence-electron chi connectivity index (χ4n) is 3.27. The Kier molecular flexibility index (Phi) is 6.04. The molecule has 1 aliphatic rings. The maximum atomic E-state index is 12.7. The van der Waals surface area contributed by atoms with Crippen LogP contribution in [0.25, 0.3) is 0 Å². The predicted molar refractivity (Wildman–Crippen MR) is 97.7 cm³/mol. The van der Waals surface area contributed by atoms with E-state index in [-0.39, 0.29) is 23.8 Å². The van der Waals surface area contributed by atoms with Crippen LogP contribution in [-0.2, 0) is 16.0 Å². The lowest BCUT2D eigenvalue weighted by molar-refractivity contribution is -0.122. The molecule has 3 rings (SSSR count). The highest BCUT2D eigenvalue weighted by Gasteiger charge is 2.31. The molecule has 2 heterocycles. The van der Waals surface area contributed by atoms with Crippen molar-refractivity contribution in [2.75, 3.05) is 13.2 Å². The number of amides is 1. The number of benzene rings is 1. The van der Waals surface area contributed by atoms with Crippen molar-refractivity contribution in [3.63, 3.8) is 0 Å². The second-order valence-electron chi connectivity index (χ2n) is 7.31. The van der Waals surface area contributed by atoms with E-state index in [0.717, 1.165) is 24.0 Å². The molecule has 6 heteroatoms. The van der Waals surface area contributed by atoms with Crippen molar-refractivity contribution in [3.05, 3.63) is 47.1 Å². The summed E-state index contributed by atoms with van der Waals surface area (Å²) < 4.78 is 11.0. The van der Waals surface area contributed by atoms with Crippen molar-refractivity contribution in [3.8, 4) is 0 Å². The average Bonchev–Trinajstić information content (AvgIpc) is 3.10. The Labute approximate surface area is 154 Å². The van der Waals surface area contributed by atoms with Crippen LogP contribution in [0, 0.1) is 12.8 Å². The second kappa shape index (κ2) is 8.45. The van der Waals surface area contributed by atoms with Gasteiger partial charge in [-0.3, -0.25) is 4.79 Å². The number of hydrogen-bond donors (Lipinski definition) is 1. The molecule has 1 amide bonds. The highest BCUT2D eigenvalue weighted by molar-refractivity contribution is 5.79. The van der Waals surface area contributed by atoms with Gasteiger partial charge in [-0.1, -0.05) is 48.8 Å². The van der Waals surface area contributed by atoms with E-state index in [1.54, 1.807) is 0 Å². The van der Waals surface area contributed by atoms with E-state index in [4.69, 9.17) is 9.26 Å². The first-order chi connectivity index (χ1) is 12.5. The molecule has 2 aromatic rings. The van der Waals surface area contributed by atoms with Gasteiger partial charge in [0.1, 0.15) is 6.04 Å². The van der Waals surface area contributed by atoms with Crippen LogP contribution in [0.1, 0.15) is 61.5 Å². The molecule has 0 aliphatic carbocycles. The third kappa shape index (κ3) is 4.69. The molecule has 1 atom stereocenters. The molecule has 1 aliphatic heterocycles. The zero-order valence-corrected chi connectivity index (χ0v) is 15.7. The molecule has 0 spiro atoms. The average molecular weight is 357 g/mol. The molecule has 6 nitrogen and oxygen atoms in total. The zero-order chi connectivity index (χ0) is 18.5. The monoisotopic (exact) mass is 357 g/mol. The maximum absolute atomic E-state index is 12.7. The minimum Gasteiger partial charge on any atom is -0.381 e. The number of nitrogens with zero attached hydrogens (tertiary/aromatic N) is 2. The summed E-state index contributed by atoms with van der Waals surface area (Å²) in [5.41, 5.74) is 2.15. The number of nitrogens with one attached hydrogen (secondary N) is 1. The van der Waals surface area contributed by atoms with Crippen LogP contribution in [0.15, 0.2) is 28.8 Å². The van der Waals surface area contributed by atoms with Crippen molar-refractivity contribution >= 4 is 5.91 Å². The molecular formula is C20H27N3O3. The summed E-state index contributed by atoms with van der Waals surface area (Å²) in [4.78, 5) is 17.2. The summed E-state index contributed by atoms with van der Waals surface area (Å²) in [7, 11) is 0. The number of ether oxygens (including phenoxy) is 1. The van der Waals surface area contributed by atoms with Gasteiger partial charge in [-0.05, 0) is 31.2 Å². The Bertz CT molecular complexity index is 735. The highest BCUT2D eigenvalue weighted by atomic mass is 16.5. The largest absolute Gasteiger partial charge is 0.381 e. The van der Waals surface area contributed by atoms with Crippen molar-refractivity contribution < 1.29 is 14.1 Å². The lowest BCUT2D eigenvalue weighted by Crippen LogP contribution is -2.37. The lowest BCUT2D eigenvalue weighted by atomic mass is 9.91. The molecule has 1 saturated heterocycles. The van der Waals surface area contributed by atoms with E-state index in [1.165, 1.54) is 0 Å². The summed E-state index contributed by atoms with van der Waals surface area (Å²) >= 11 is 0. The molecule has 26 heavy (non-hydrogen) atoms. The molecule has 0 unspecified atom stereocenters. The summed E-state index contributed by atoms with van der Waals surface area (Å²) in [6.07, 6.45) is 2.08. The van der Waals surface area contributed by atoms with E-state index in [0.29, 0.717) is 31.3 Å². The number of aryl methyl sites for hydroxylation is 1. The van der Waals surface area contributed by atoms with Gasteiger partial charge >= 0.3 is 0 Å². The smallest absolute Gasteiger partial charge is 0.249 e. The summed E-state index contributed by atoms with van der Waals surface area (Å²) in [5.74, 6) is 1.57. The van der Waals surface area contributed by atoms with Gasteiger partial charge in [-0.2, -0.15) is 4.98 Å². The van der Waals surface area contributed by atoms with Crippen molar-refractivity contribution in [1.29, 1.82) is 0 Å². The number of carbonyl (C=O) groups is 1. The van der Waals surface area contributed by atoms with Crippen LogP contribution >= 0.6 is 0 Å². The summed E-state index contributed by atoms with van der Waals surface area (Å²) in [6, 6.07) is 7.74. The molecular weight excluding hydrogens is 330 g/mol. The van der Waals surface area contributed by atoms with E-state index >= 15 is 0 Å². The lowest BCUT2D eigenvalue weighted by Gasteiger charge is -2.28. The molecule has 0 saturated carbocycles. The van der Waals surface area contributed by atoms with E-state index < -0.39 is 0 Å². The molecule has 140 valence electrons. The standard InChI is InChI=1S/C20H27N3O3/c1-13(2)19-22-20(26-23-19)18(16-7-9-25-10-8-16)21-17(24)12-15-6-4-5-14(3)11-15/h4-6,11,13,16,18H,7-10,12H2,1-3H3,(H,21,24)/t18-/m0/s1. The van der Waals surface area contributed by atoms with E-state index in [2.05, 4.69) is 15.5 Å². The third-order valence-corrected chi connectivity index (χ3v) is 4.74. The first-order valence-electron chi connectivity index (χ1n) is 9.29. The maximum Gasteiger partial charge on any atom is 0.249 e.